The lowest BCUT2D eigenvalue weighted by atomic mass is 9.50. The highest BCUT2D eigenvalue weighted by atomic mass is 16.5. The first kappa shape index (κ1) is 12.7. The van der Waals surface area contributed by atoms with Gasteiger partial charge in [0.15, 0.2) is 0 Å². The minimum absolute atomic E-state index is 0.258. The third-order valence-corrected chi connectivity index (χ3v) is 6.75. The summed E-state index contributed by atoms with van der Waals surface area (Å²) < 4.78 is 5.51. The number of fused-ring (bicyclic) bond motifs is 1. The number of ether oxygens (including phenoxy) is 1. The van der Waals surface area contributed by atoms with Crippen LogP contribution in [0.25, 0.3) is 0 Å². The summed E-state index contributed by atoms with van der Waals surface area (Å²) in [7, 11) is 0. The molecular formula is C19H24O2. The number of hydrogen-bond acceptors (Lipinski definition) is 2. The summed E-state index contributed by atoms with van der Waals surface area (Å²) in [6, 6.07) is 6.51. The highest BCUT2D eigenvalue weighted by molar-refractivity contribution is 5.34. The Hall–Kier alpha value is -0.860. The van der Waals surface area contributed by atoms with E-state index in [0.29, 0.717) is 5.92 Å². The first-order valence-electron chi connectivity index (χ1n) is 8.65. The lowest BCUT2D eigenvalue weighted by molar-refractivity contribution is -0.0908. The zero-order valence-electron chi connectivity index (χ0n) is 12.5. The second-order valence-electron chi connectivity index (χ2n) is 7.97. The molecule has 0 saturated heterocycles. The largest absolute Gasteiger partial charge is 0.388 e. The van der Waals surface area contributed by atoms with Crippen molar-refractivity contribution in [3.8, 4) is 0 Å². The molecule has 1 N–H and O–H groups in total. The second kappa shape index (κ2) is 4.57. The van der Waals surface area contributed by atoms with Gasteiger partial charge in [-0.15, -0.1) is 0 Å². The highest BCUT2D eigenvalue weighted by Gasteiger charge is 2.50. The summed E-state index contributed by atoms with van der Waals surface area (Å²) in [5.41, 5.74) is 3.73. The van der Waals surface area contributed by atoms with Crippen LogP contribution in [0, 0.1) is 29.6 Å². The fraction of sp³-hybridized carbons (Fsp3) is 0.684. The van der Waals surface area contributed by atoms with E-state index in [4.69, 9.17) is 4.74 Å². The van der Waals surface area contributed by atoms with E-state index in [1.165, 1.54) is 43.2 Å². The Labute approximate surface area is 126 Å². The van der Waals surface area contributed by atoms with Crippen LogP contribution in [0.1, 0.15) is 54.9 Å². The van der Waals surface area contributed by atoms with Gasteiger partial charge in [0.1, 0.15) is 0 Å². The van der Waals surface area contributed by atoms with Crippen LogP contribution in [0.5, 0.6) is 0 Å². The molecule has 2 heteroatoms. The molecule has 1 unspecified atom stereocenters. The number of hydrogen-bond donors (Lipinski definition) is 1. The van der Waals surface area contributed by atoms with Gasteiger partial charge < -0.3 is 9.84 Å². The normalized spacial score (nSPS) is 41.3. The first-order chi connectivity index (χ1) is 10.3. The summed E-state index contributed by atoms with van der Waals surface area (Å²) in [6.07, 6.45) is 6.73. The predicted molar refractivity (Wildman–Crippen MR) is 80.4 cm³/mol. The van der Waals surface area contributed by atoms with Crippen molar-refractivity contribution in [2.45, 2.75) is 51.4 Å². The summed E-state index contributed by atoms with van der Waals surface area (Å²) in [5.74, 6) is 4.02. The molecule has 21 heavy (non-hydrogen) atoms. The molecule has 0 radical (unpaired) electrons. The summed E-state index contributed by atoms with van der Waals surface area (Å²) in [5, 5.41) is 11.0. The van der Waals surface area contributed by atoms with Crippen molar-refractivity contribution < 1.29 is 9.84 Å². The van der Waals surface area contributed by atoms with E-state index >= 15 is 0 Å². The molecule has 4 aliphatic carbocycles. The van der Waals surface area contributed by atoms with Crippen LogP contribution in [-0.4, -0.2) is 5.11 Å². The van der Waals surface area contributed by atoms with Crippen molar-refractivity contribution >= 4 is 0 Å². The molecule has 2 nitrogen and oxygen atoms in total. The topological polar surface area (TPSA) is 29.5 Å². The van der Waals surface area contributed by atoms with Gasteiger partial charge in [-0.3, -0.25) is 0 Å². The Kier molecular flexibility index (Phi) is 2.75. The van der Waals surface area contributed by atoms with Crippen molar-refractivity contribution in [1.82, 2.24) is 0 Å². The molecule has 5 aliphatic rings. The highest BCUT2D eigenvalue weighted by Crippen LogP contribution is 2.59. The molecule has 0 aromatic heterocycles. The molecule has 4 bridgehead atoms. The Bertz CT molecular complexity index is 537. The SMILES string of the molecule is OC(c1ccc2c(c1)COC2)C1C2CC3CC(C2)CC1C3. The quantitative estimate of drug-likeness (QED) is 0.894. The van der Waals surface area contributed by atoms with E-state index in [-0.39, 0.29) is 6.10 Å². The maximum absolute atomic E-state index is 11.0. The third kappa shape index (κ3) is 1.92. The molecular weight excluding hydrogens is 260 g/mol. The van der Waals surface area contributed by atoms with Crippen LogP contribution < -0.4 is 0 Å². The fourth-order valence-corrected chi connectivity index (χ4v) is 6.08. The Morgan fingerprint density at radius 1 is 0.905 bits per heavy atom. The van der Waals surface area contributed by atoms with Crippen LogP contribution in [0.2, 0.25) is 0 Å². The van der Waals surface area contributed by atoms with Crippen molar-refractivity contribution in [3.63, 3.8) is 0 Å². The Morgan fingerprint density at radius 3 is 2.29 bits per heavy atom. The molecule has 4 saturated carbocycles. The minimum atomic E-state index is -0.258. The van der Waals surface area contributed by atoms with Gasteiger partial charge in [-0.1, -0.05) is 18.2 Å². The van der Waals surface area contributed by atoms with Crippen molar-refractivity contribution in [2.24, 2.45) is 29.6 Å². The van der Waals surface area contributed by atoms with E-state index in [1.54, 1.807) is 0 Å². The van der Waals surface area contributed by atoms with Gasteiger partial charge in [-0.05, 0) is 78.4 Å². The zero-order chi connectivity index (χ0) is 14.0. The van der Waals surface area contributed by atoms with Crippen LogP contribution in [0.3, 0.4) is 0 Å². The number of aliphatic hydroxyl groups is 1. The van der Waals surface area contributed by atoms with Crippen LogP contribution in [-0.2, 0) is 18.0 Å². The van der Waals surface area contributed by atoms with Crippen molar-refractivity contribution in [3.05, 3.63) is 34.9 Å². The molecule has 1 aliphatic heterocycles. The van der Waals surface area contributed by atoms with Gasteiger partial charge in [0.05, 0.1) is 19.3 Å². The standard InChI is InChI=1S/C19H24O2/c20-19(13-1-2-14-9-21-10-17(14)8-13)18-15-4-11-3-12(6-15)7-16(18)5-11/h1-2,8,11-12,15-16,18-20H,3-7,9-10H2. The molecule has 1 aromatic carbocycles. The van der Waals surface area contributed by atoms with Crippen LogP contribution in [0.4, 0.5) is 0 Å². The lowest BCUT2D eigenvalue weighted by Crippen LogP contribution is -2.47. The van der Waals surface area contributed by atoms with Crippen molar-refractivity contribution in [2.75, 3.05) is 0 Å². The fourth-order valence-electron chi connectivity index (χ4n) is 6.08. The van der Waals surface area contributed by atoms with Gasteiger partial charge >= 0.3 is 0 Å². The Morgan fingerprint density at radius 2 is 1.57 bits per heavy atom. The van der Waals surface area contributed by atoms with Gasteiger partial charge in [-0.25, -0.2) is 0 Å². The zero-order valence-corrected chi connectivity index (χ0v) is 12.5. The number of benzene rings is 1. The van der Waals surface area contributed by atoms with E-state index in [1.807, 2.05) is 0 Å². The predicted octanol–water partition coefficient (Wildman–Crippen LogP) is 3.82. The lowest BCUT2D eigenvalue weighted by Gasteiger charge is -2.55. The molecule has 1 atom stereocenters. The smallest absolute Gasteiger partial charge is 0.0823 e. The van der Waals surface area contributed by atoms with Gasteiger partial charge in [-0.2, -0.15) is 0 Å². The first-order valence-corrected chi connectivity index (χ1v) is 8.65. The minimum Gasteiger partial charge on any atom is -0.388 e. The van der Waals surface area contributed by atoms with Crippen LogP contribution in [0.15, 0.2) is 18.2 Å². The summed E-state index contributed by atoms with van der Waals surface area (Å²) in [6.45, 7) is 1.46. The maximum Gasteiger partial charge on any atom is 0.0823 e. The molecule has 1 heterocycles. The number of rotatable bonds is 2. The monoisotopic (exact) mass is 284 g/mol. The average molecular weight is 284 g/mol. The van der Waals surface area contributed by atoms with E-state index in [2.05, 4.69) is 18.2 Å². The summed E-state index contributed by atoms with van der Waals surface area (Å²) in [4.78, 5) is 0. The molecule has 6 rings (SSSR count). The van der Waals surface area contributed by atoms with Crippen LogP contribution >= 0.6 is 0 Å². The van der Waals surface area contributed by atoms with Gasteiger partial charge in [0.25, 0.3) is 0 Å². The molecule has 1 aromatic rings. The van der Waals surface area contributed by atoms with E-state index < -0.39 is 0 Å². The van der Waals surface area contributed by atoms with Gasteiger partial charge in [0, 0.05) is 0 Å². The molecule has 0 amide bonds. The van der Waals surface area contributed by atoms with E-state index in [9.17, 15) is 5.11 Å². The maximum atomic E-state index is 11.0. The summed E-state index contributed by atoms with van der Waals surface area (Å²) >= 11 is 0. The third-order valence-electron chi connectivity index (χ3n) is 6.75. The molecule has 0 spiro atoms. The Balaban J connectivity index is 1.44. The van der Waals surface area contributed by atoms with Crippen molar-refractivity contribution in [1.29, 1.82) is 0 Å². The van der Waals surface area contributed by atoms with Gasteiger partial charge in [0.2, 0.25) is 0 Å². The van der Waals surface area contributed by atoms with E-state index in [0.717, 1.165) is 42.4 Å². The average Bonchev–Trinajstić information content (AvgIpc) is 2.93. The molecule has 4 fully saturated rings. The number of aliphatic hydroxyl groups excluding tert-OH is 1. The second-order valence-corrected chi connectivity index (χ2v) is 7.97. The molecule has 112 valence electrons.